The van der Waals surface area contributed by atoms with Crippen molar-refractivity contribution in [2.75, 3.05) is 11.9 Å². The number of nitrogens with one attached hydrogen (secondary N) is 2. The van der Waals surface area contributed by atoms with Crippen LogP contribution in [0.5, 0.6) is 0 Å². The van der Waals surface area contributed by atoms with E-state index in [1.165, 1.54) is 30.3 Å². The third-order valence-corrected chi connectivity index (χ3v) is 6.96. The van der Waals surface area contributed by atoms with Gasteiger partial charge in [0.1, 0.15) is 4.21 Å². The van der Waals surface area contributed by atoms with E-state index in [-0.39, 0.29) is 22.4 Å². The number of sulfonamides is 1. The Morgan fingerprint density at radius 2 is 1.81 bits per heavy atom. The summed E-state index contributed by atoms with van der Waals surface area (Å²) < 4.78 is 65.7. The largest absolute Gasteiger partial charge is 0.421 e. The molecular formula is C17H21F3N2O3S2. The lowest BCUT2D eigenvalue weighted by Gasteiger charge is -2.27. The van der Waals surface area contributed by atoms with Crippen LogP contribution in [0.4, 0.5) is 18.9 Å². The molecule has 0 saturated heterocycles. The number of hydrogen-bond acceptors (Lipinski definition) is 5. The number of aliphatic hydroxyl groups is 1. The molecule has 5 nitrogen and oxygen atoms in total. The summed E-state index contributed by atoms with van der Waals surface area (Å²) >= 11 is 1.11. The Hall–Kier alpha value is -1.62. The smallest absolute Gasteiger partial charge is 0.381 e. The van der Waals surface area contributed by atoms with E-state index in [0.29, 0.717) is 19.0 Å². The Balaban J connectivity index is 2.02. The molecule has 10 heteroatoms. The van der Waals surface area contributed by atoms with E-state index < -0.39 is 21.8 Å². The molecule has 1 aromatic heterocycles. The highest BCUT2D eigenvalue weighted by Crippen LogP contribution is 2.38. The fourth-order valence-corrected chi connectivity index (χ4v) is 4.40. The zero-order chi connectivity index (χ0) is 20.3. The van der Waals surface area contributed by atoms with Crippen LogP contribution in [0.25, 0.3) is 0 Å². The third kappa shape index (κ3) is 5.22. The molecule has 0 fully saturated rings. The highest BCUT2D eigenvalue weighted by atomic mass is 32.2. The molecule has 0 saturated carbocycles. The molecule has 0 spiro atoms. The Morgan fingerprint density at radius 3 is 2.30 bits per heavy atom. The van der Waals surface area contributed by atoms with Crippen molar-refractivity contribution in [1.82, 2.24) is 4.72 Å². The van der Waals surface area contributed by atoms with E-state index in [1.807, 2.05) is 6.92 Å². The maximum atomic E-state index is 12.9. The molecule has 0 aliphatic rings. The maximum Gasteiger partial charge on any atom is 0.421 e. The van der Waals surface area contributed by atoms with E-state index in [4.69, 9.17) is 0 Å². The second kappa shape index (κ2) is 8.17. The van der Waals surface area contributed by atoms with E-state index in [1.54, 1.807) is 11.4 Å². The van der Waals surface area contributed by atoms with Crippen LogP contribution in [0.3, 0.4) is 0 Å². The van der Waals surface area contributed by atoms with Crippen LogP contribution in [0.2, 0.25) is 0 Å². The summed E-state index contributed by atoms with van der Waals surface area (Å²) in [6, 6.07) is 8.13. The van der Waals surface area contributed by atoms with Crippen LogP contribution in [-0.2, 0) is 15.6 Å². The first kappa shape index (κ1) is 21.7. The van der Waals surface area contributed by atoms with Crippen molar-refractivity contribution in [3.63, 3.8) is 0 Å². The number of rotatable bonds is 8. The van der Waals surface area contributed by atoms with Gasteiger partial charge >= 0.3 is 6.18 Å². The van der Waals surface area contributed by atoms with Crippen molar-refractivity contribution in [2.24, 2.45) is 0 Å². The molecule has 0 amide bonds. The molecular weight excluding hydrogens is 401 g/mol. The Labute approximate surface area is 160 Å². The van der Waals surface area contributed by atoms with Crippen molar-refractivity contribution >= 4 is 27.0 Å². The van der Waals surface area contributed by atoms with Gasteiger partial charge in [-0.1, -0.05) is 25.1 Å². The van der Waals surface area contributed by atoms with Crippen LogP contribution in [0, 0.1) is 0 Å². The van der Waals surface area contributed by atoms with Gasteiger partial charge in [-0.05, 0) is 42.5 Å². The zero-order valence-electron chi connectivity index (χ0n) is 14.7. The average Bonchev–Trinajstić information content (AvgIpc) is 3.13. The fourth-order valence-electron chi connectivity index (χ4n) is 2.29. The summed E-state index contributed by atoms with van der Waals surface area (Å²) in [4.78, 5) is 0. The van der Waals surface area contributed by atoms with Crippen molar-refractivity contribution in [2.45, 2.75) is 42.3 Å². The SMILES string of the molecule is CC[C@@H](CNS(=O)(=O)c1cccs1)Nc1ccc(C(C)(O)C(F)(F)F)cc1. The number of alkyl halides is 3. The first-order valence-corrected chi connectivity index (χ1v) is 10.5. The minimum Gasteiger partial charge on any atom is -0.381 e. The van der Waals surface area contributed by atoms with Crippen LogP contribution >= 0.6 is 11.3 Å². The van der Waals surface area contributed by atoms with Gasteiger partial charge in [0.15, 0.2) is 5.60 Å². The number of halogens is 3. The molecule has 0 aliphatic carbocycles. The predicted molar refractivity (Wildman–Crippen MR) is 99.3 cm³/mol. The number of anilines is 1. The Kier molecular flexibility index (Phi) is 6.56. The van der Waals surface area contributed by atoms with Crippen LogP contribution < -0.4 is 10.0 Å². The molecule has 1 unspecified atom stereocenters. The van der Waals surface area contributed by atoms with Gasteiger partial charge in [-0.15, -0.1) is 11.3 Å². The lowest BCUT2D eigenvalue weighted by molar-refractivity contribution is -0.258. The molecule has 1 aromatic carbocycles. The summed E-state index contributed by atoms with van der Waals surface area (Å²) in [6.07, 6.45) is -4.19. The number of thiophene rings is 1. The lowest BCUT2D eigenvalue weighted by Crippen LogP contribution is -2.39. The van der Waals surface area contributed by atoms with E-state index in [0.717, 1.165) is 11.3 Å². The summed E-state index contributed by atoms with van der Waals surface area (Å²) in [6.45, 7) is 2.68. The van der Waals surface area contributed by atoms with Gasteiger partial charge in [0, 0.05) is 18.3 Å². The van der Waals surface area contributed by atoms with Crippen molar-refractivity contribution in [3.8, 4) is 0 Å². The van der Waals surface area contributed by atoms with E-state index >= 15 is 0 Å². The highest BCUT2D eigenvalue weighted by Gasteiger charge is 2.51. The summed E-state index contributed by atoms with van der Waals surface area (Å²) in [5, 5.41) is 14.4. The maximum absolute atomic E-state index is 12.9. The van der Waals surface area contributed by atoms with Gasteiger partial charge in [-0.2, -0.15) is 13.2 Å². The standard InChI is InChI=1S/C17H21F3N2O3S2/c1-3-13(11-21-27(24,25)15-5-4-10-26-15)22-14-8-6-12(7-9-14)16(2,23)17(18,19)20/h4-10,13,21-23H,3,11H2,1-2H3/t13-,16?/m0/s1. The highest BCUT2D eigenvalue weighted by molar-refractivity contribution is 7.91. The zero-order valence-corrected chi connectivity index (χ0v) is 16.4. The van der Waals surface area contributed by atoms with Gasteiger partial charge < -0.3 is 10.4 Å². The van der Waals surface area contributed by atoms with Gasteiger partial charge in [-0.25, -0.2) is 13.1 Å². The third-order valence-electron chi connectivity index (χ3n) is 4.14. The number of benzene rings is 1. The molecule has 27 heavy (non-hydrogen) atoms. The fraction of sp³-hybridized carbons (Fsp3) is 0.412. The van der Waals surface area contributed by atoms with Gasteiger partial charge in [0.05, 0.1) is 0 Å². The van der Waals surface area contributed by atoms with Gasteiger partial charge in [-0.3, -0.25) is 0 Å². The first-order chi connectivity index (χ1) is 12.5. The Bertz CT molecular complexity index is 833. The molecule has 2 atom stereocenters. The van der Waals surface area contributed by atoms with E-state index in [9.17, 15) is 26.7 Å². The molecule has 0 bridgehead atoms. The van der Waals surface area contributed by atoms with Crippen LogP contribution in [0.15, 0.2) is 46.0 Å². The molecule has 1 heterocycles. The lowest BCUT2D eigenvalue weighted by atomic mass is 9.95. The molecule has 2 aromatic rings. The molecule has 150 valence electrons. The predicted octanol–water partition coefficient (Wildman–Crippen LogP) is 3.69. The molecule has 0 aliphatic heterocycles. The van der Waals surface area contributed by atoms with Gasteiger partial charge in [0.2, 0.25) is 10.0 Å². The quantitative estimate of drug-likeness (QED) is 0.606. The number of hydrogen-bond donors (Lipinski definition) is 3. The minimum absolute atomic E-state index is 0.124. The van der Waals surface area contributed by atoms with E-state index in [2.05, 4.69) is 10.0 Å². The normalized spacial score (nSPS) is 15.9. The summed E-state index contributed by atoms with van der Waals surface area (Å²) in [5.41, 5.74) is -2.68. The average molecular weight is 422 g/mol. The second-order valence-electron chi connectivity index (χ2n) is 6.18. The van der Waals surface area contributed by atoms with Gasteiger partial charge in [0.25, 0.3) is 0 Å². The minimum atomic E-state index is -4.78. The molecule has 0 radical (unpaired) electrons. The van der Waals surface area contributed by atoms with Crippen LogP contribution in [-0.4, -0.2) is 32.3 Å². The molecule has 3 N–H and O–H groups in total. The summed E-state index contributed by atoms with van der Waals surface area (Å²) in [7, 11) is -3.59. The van der Waals surface area contributed by atoms with Crippen molar-refractivity contribution in [3.05, 3.63) is 47.3 Å². The van der Waals surface area contributed by atoms with Crippen molar-refractivity contribution in [1.29, 1.82) is 0 Å². The first-order valence-electron chi connectivity index (χ1n) is 8.16. The monoisotopic (exact) mass is 422 g/mol. The molecule has 2 rings (SSSR count). The van der Waals surface area contributed by atoms with Crippen molar-refractivity contribution < 1.29 is 26.7 Å². The Morgan fingerprint density at radius 1 is 1.19 bits per heavy atom. The topological polar surface area (TPSA) is 78.4 Å². The summed E-state index contributed by atoms with van der Waals surface area (Å²) in [5.74, 6) is 0. The van der Waals surface area contributed by atoms with Crippen LogP contribution in [0.1, 0.15) is 25.8 Å². The second-order valence-corrected chi connectivity index (χ2v) is 9.12.